The van der Waals surface area contributed by atoms with Crippen molar-refractivity contribution >= 4 is 37.1 Å². The lowest BCUT2D eigenvalue weighted by Crippen LogP contribution is -2.03. The monoisotopic (exact) mass is 340 g/mol. The fraction of sp³-hybridized carbons (Fsp3) is 0.0769. The van der Waals surface area contributed by atoms with E-state index in [4.69, 9.17) is 5.73 Å². The van der Waals surface area contributed by atoms with Crippen LogP contribution in [0.2, 0.25) is 0 Å². The number of benzene rings is 2. The first-order valence-corrected chi connectivity index (χ1v) is 7.80. The molecule has 6 heteroatoms. The molecule has 0 unspecified atom stereocenters. The van der Waals surface area contributed by atoms with Gasteiger partial charge in [-0.15, -0.1) is 0 Å². The van der Waals surface area contributed by atoms with Crippen LogP contribution in [0.25, 0.3) is 0 Å². The highest BCUT2D eigenvalue weighted by Gasteiger charge is 2.18. The van der Waals surface area contributed by atoms with Crippen LogP contribution in [0, 0.1) is 0 Å². The number of hydrogen-bond donors (Lipinski definition) is 2. The molecule has 0 aliphatic heterocycles. The Labute approximate surface area is 120 Å². The molecule has 0 aliphatic rings. The van der Waals surface area contributed by atoms with E-state index in [1.165, 1.54) is 12.1 Å². The van der Waals surface area contributed by atoms with Gasteiger partial charge in [-0.1, -0.05) is 15.9 Å². The van der Waals surface area contributed by atoms with E-state index in [2.05, 4.69) is 21.2 Å². The Bertz CT molecular complexity index is 697. The smallest absolute Gasteiger partial charge is 0.206 e. The van der Waals surface area contributed by atoms with Gasteiger partial charge < -0.3 is 11.1 Å². The first kappa shape index (κ1) is 13.9. The summed E-state index contributed by atoms with van der Waals surface area (Å²) in [5.41, 5.74) is 6.82. The molecule has 0 atom stereocenters. The van der Waals surface area contributed by atoms with E-state index in [1.807, 2.05) is 6.07 Å². The summed E-state index contributed by atoms with van der Waals surface area (Å²) in [6.45, 7) is 0. The molecule has 0 radical (unpaired) electrons. The van der Waals surface area contributed by atoms with E-state index in [9.17, 15) is 8.42 Å². The van der Waals surface area contributed by atoms with E-state index >= 15 is 0 Å². The molecule has 0 aromatic heterocycles. The van der Waals surface area contributed by atoms with Crippen LogP contribution in [0.5, 0.6) is 0 Å². The first-order chi connectivity index (χ1) is 8.93. The number of nitrogen functional groups attached to an aromatic ring is 1. The fourth-order valence-electron chi connectivity index (χ4n) is 1.65. The molecule has 0 spiro atoms. The van der Waals surface area contributed by atoms with Gasteiger partial charge in [0.1, 0.15) is 0 Å². The lowest BCUT2D eigenvalue weighted by molar-refractivity contribution is 0.596. The average Bonchev–Trinajstić information content (AvgIpc) is 2.38. The third-order valence-corrected chi connectivity index (χ3v) is 4.87. The Balaban J connectivity index is 2.56. The molecule has 4 nitrogen and oxygen atoms in total. The van der Waals surface area contributed by atoms with Crippen molar-refractivity contribution in [2.24, 2.45) is 0 Å². The summed E-state index contributed by atoms with van der Waals surface area (Å²) in [7, 11) is -1.80. The number of rotatable bonds is 3. The van der Waals surface area contributed by atoms with Crippen molar-refractivity contribution < 1.29 is 8.42 Å². The molecular weight excluding hydrogens is 328 g/mol. The normalized spacial score (nSPS) is 11.3. The van der Waals surface area contributed by atoms with E-state index < -0.39 is 9.84 Å². The molecule has 100 valence electrons. The van der Waals surface area contributed by atoms with Crippen molar-refractivity contribution in [3.05, 3.63) is 46.9 Å². The summed E-state index contributed by atoms with van der Waals surface area (Å²) >= 11 is 3.31. The molecule has 0 aliphatic carbocycles. The Hall–Kier alpha value is -1.53. The number of nitrogens with one attached hydrogen (secondary N) is 1. The molecule has 0 heterocycles. The van der Waals surface area contributed by atoms with Crippen molar-refractivity contribution in [1.82, 2.24) is 0 Å². The van der Waals surface area contributed by atoms with Crippen LogP contribution >= 0.6 is 15.9 Å². The average molecular weight is 341 g/mol. The van der Waals surface area contributed by atoms with Crippen LogP contribution < -0.4 is 11.1 Å². The molecule has 0 saturated heterocycles. The van der Waals surface area contributed by atoms with Gasteiger partial charge in [0, 0.05) is 22.9 Å². The summed E-state index contributed by atoms with van der Waals surface area (Å²) in [6.07, 6.45) is 0. The van der Waals surface area contributed by atoms with Crippen LogP contribution in [0.4, 0.5) is 11.4 Å². The zero-order valence-corrected chi connectivity index (χ0v) is 12.6. The first-order valence-electron chi connectivity index (χ1n) is 5.52. The predicted octanol–water partition coefficient (Wildman–Crippen LogP) is 2.91. The maximum atomic E-state index is 12.5. The summed E-state index contributed by atoms with van der Waals surface area (Å²) in [5.74, 6) is 0. The van der Waals surface area contributed by atoms with Gasteiger partial charge >= 0.3 is 0 Å². The van der Waals surface area contributed by atoms with E-state index in [0.29, 0.717) is 10.2 Å². The quantitative estimate of drug-likeness (QED) is 0.842. The second kappa shape index (κ2) is 5.22. The molecular formula is C13H13BrN2O2S. The highest BCUT2D eigenvalue weighted by atomic mass is 79.9. The van der Waals surface area contributed by atoms with Crippen LogP contribution in [0.3, 0.4) is 0 Å². The summed E-state index contributed by atoms with van der Waals surface area (Å²) in [6, 6.07) is 11.1. The van der Waals surface area contributed by atoms with Gasteiger partial charge in [-0.3, -0.25) is 0 Å². The molecule has 3 N–H and O–H groups in total. The minimum atomic E-state index is -3.54. The van der Waals surface area contributed by atoms with Crippen molar-refractivity contribution in [2.75, 3.05) is 18.1 Å². The Morgan fingerprint density at radius 2 is 1.68 bits per heavy atom. The SMILES string of the molecule is CNc1cc(Br)cc(S(=O)(=O)c2ccc(N)cc2)c1. The number of sulfone groups is 1. The number of halogens is 1. The summed E-state index contributed by atoms with van der Waals surface area (Å²) in [5, 5.41) is 2.93. The molecule has 2 aromatic rings. The largest absolute Gasteiger partial charge is 0.399 e. The Morgan fingerprint density at radius 3 is 2.26 bits per heavy atom. The maximum Gasteiger partial charge on any atom is 0.206 e. The van der Waals surface area contributed by atoms with Crippen LogP contribution in [-0.2, 0) is 9.84 Å². The molecule has 0 saturated carbocycles. The minimum absolute atomic E-state index is 0.224. The van der Waals surface area contributed by atoms with Gasteiger partial charge in [0.15, 0.2) is 0 Å². The molecule has 2 rings (SSSR count). The number of hydrogen-bond acceptors (Lipinski definition) is 4. The second-order valence-electron chi connectivity index (χ2n) is 4.00. The van der Waals surface area contributed by atoms with Crippen molar-refractivity contribution in [2.45, 2.75) is 9.79 Å². The van der Waals surface area contributed by atoms with Crippen molar-refractivity contribution in [1.29, 1.82) is 0 Å². The zero-order chi connectivity index (χ0) is 14.0. The van der Waals surface area contributed by atoms with E-state index in [-0.39, 0.29) is 9.79 Å². The van der Waals surface area contributed by atoms with Gasteiger partial charge in [0.2, 0.25) is 9.84 Å². The van der Waals surface area contributed by atoms with Gasteiger partial charge in [-0.05, 0) is 42.5 Å². The third kappa shape index (κ3) is 2.90. The van der Waals surface area contributed by atoms with Crippen LogP contribution in [0.1, 0.15) is 0 Å². The number of nitrogens with two attached hydrogens (primary N) is 1. The van der Waals surface area contributed by atoms with E-state index in [0.717, 1.165) is 5.69 Å². The van der Waals surface area contributed by atoms with Crippen LogP contribution in [-0.4, -0.2) is 15.5 Å². The second-order valence-corrected chi connectivity index (χ2v) is 6.86. The number of anilines is 2. The fourth-order valence-corrected chi connectivity index (χ4v) is 3.62. The highest BCUT2D eigenvalue weighted by Crippen LogP contribution is 2.27. The van der Waals surface area contributed by atoms with Gasteiger partial charge in [-0.2, -0.15) is 0 Å². The summed E-state index contributed by atoms with van der Waals surface area (Å²) < 4.78 is 25.7. The third-order valence-electron chi connectivity index (χ3n) is 2.66. The topological polar surface area (TPSA) is 72.2 Å². The predicted molar refractivity (Wildman–Crippen MR) is 80.0 cm³/mol. The van der Waals surface area contributed by atoms with Crippen LogP contribution in [0.15, 0.2) is 56.7 Å². The molecule has 19 heavy (non-hydrogen) atoms. The van der Waals surface area contributed by atoms with Crippen molar-refractivity contribution in [3.63, 3.8) is 0 Å². The van der Waals surface area contributed by atoms with Gasteiger partial charge in [-0.25, -0.2) is 8.42 Å². The maximum absolute atomic E-state index is 12.5. The lowest BCUT2D eigenvalue weighted by Gasteiger charge is -2.08. The minimum Gasteiger partial charge on any atom is -0.399 e. The van der Waals surface area contributed by atoms with Gasteiger partial charge in [0.25, 0.3) is 0 Å². The molecule has 0 bridgehead atoms. The molecule has 0 amide bonds. The Morgan fingerprint density at radius 1 is 1.05 bits per heavy atom. The molecule has 0 fully saturated rings. The lowest BCUT2D eigenvalue weighted by atomic mass is 10.3. The standard InChI is InChI=1S/C13H13BrN2O2S/c1-16-11-6-9(14)7-13(8-11)19(17,18)12-4-2-10(15)3-5-12/h2-8,16H,15H2,1H3. The van der Waals surface area contributed by atoms with Gasteiger partial charge in [0.05, 0.1) is 9.79 Å². The Kier molecular flexibility index (Phi) is 3.82. The highest BCUT2D eigenvalue weighted by molar-refractivity contribution is 9.10. The molecule has 2 aromatic carbocycles. The zero-order valence-electron chi connectivity index (χ0n) is 10.2. The van der Waals surface area contributed by atoms with Crippen molar-refractivity contribution in [3.8, 4) is 0 Å². The summed E-state index contributed by atoms with van der Waals surface area (Å²) in [4.78, 5) is 0.456. The van der Waals surface area contributed by atoms with E-state index in [1.54, 1.807) is 31.3 Å².